The number of nitrogens with one attached hydrogen (secondary N) is 1. The number of amides is 2. The summed E-state index contributed by atoms with van der Waals surface area (Å²) in [4.78, 5) is 43.0. The van der Waals surface area contributed by atoms with Gasteiger partial charge in [0.2, 0.25) is 11.8 Å². The van der Waals surface area contributed by atoms with Gasteiger partial charge in [0.05, 0.1) is 12.6 Å². The molecule has 1 fully saturated rings. The van der Waals surface area contributed by atoms with E-state index in [1.165, 1.54) is 0 Å². The van der Waals surface area contributed by atoms with Gasteiger partial charge in [0.1, 0.15) is 12.1 Å². The standard InChI is InChI=1S/C25H45N3O4S/c1-12-32-23(31)17(4)15-18(16(2)3)28(11)22(30)19(24(5,6)7)26-21(29)20-25(8,9)33-14-13-27(20)10/h15-16,18-20H,12-14H2,1-11H3,(H,26,29)/b17-15+/t18-,19-,20-/m1/s1. The van der Waals surface area contributed by atoms with Crippen LogP contribution < -0.4 is 5.32 Å². The van der Waals surface area contributed by atoms with E-state index < -0.39 is 11.5 Å². The summed E-state index contributed by atoms with van der Waals surface area (Å²) in [6.45, 7) is 18.6. The maximum Gasteiger partial charge on any atom is 0.333 e. The Bertz CT molecular complexity index is 742. The molecule has 1 aliphatic rings. The first-order valence-electron chi connectivity index (χ1n) is 11.8. The second-order valence-corrected chi connectivity index (χ2v) is 12.6. The Morgan fingerprint density at radius 1 is 1.27 bits per heavy atom. The van der Waals surface area contributed by atoms with Gasteiger partial charge in [-0.15, -0.1) is 0 Å². The quantitative estimate of drug-likeness (QED) is 0.421. The van der Waals surface area contributed by atoms with Crippen molar-refractivity contribution >= 4 is 29.5 Å². The van der Waals surface area contributed by atoms with Crippen LogP contribution in [0.15, 0.2) is 11.6 Å². The van der Waals surface area contributed by atoms with Crippen LogP contribution in [0.4, 0.5) is 0 Å². The van der Waals surface area contributed by atoms with Crippen LogP contribution in [0.1, 0.15) is 62.3 Å². The molecule has 7 nitrogen and oxygen atoms in total. The fraction of sp³-hybridized carbons (Fsp3) is 0.800. The number of rotatable bonds is 8. The Balaban J connectivity index is 3.21. The minimum absolute atomic E-state index is 0.0689. The van der Waals surface area contributed by atoms with Crippen LogP contribution in [0.3, 0.4) is 0 Å². The summed E-state index contributed by atoms with van der Waals surface area (Å²) < 4.78 is 4.85. The van der Waals surface area contributed by atoms with Crippen LogP contribution in [0, 0.1) is 11.3 Å². The summed E-state index contributed by atoms with van der Waals surface area (Å²) in [5.41, 5.74) is -0.0263. The first kappa shape index (κ1) is 29.5. The molecule has 0 radical (unpaired) electrons. The average molecular weight is 484 g/mol. The van der Waals surface area contributed by atoms with E-state index in [9.17, 15) is 14.4 Å². The van der Waals surface area contributed by atoms with Gasteiger partial charge >= 0.3 is 5.97 Å². The van der Waals surface area contributed by atoms with Crippen molar-refractivity contribution in [2.75, 3.05) is 33.0 Å². The lowest BCUT2D eigenvalue weighted by molar-refractivity contribution is -0.141. The van der Waals surface area contributed by atoms with Gasteiger partial charge in [0.25, 0.3) is 0 Å². The van der Waals surface area contributed by atoms with Crippen LogP contribution in [0.2, 0.25) is 0 Å². The molecule has 0 spiro atoms. The number of thioether (sulfide) groups is 1. The van der Waals surface area contributed by atoms with Crippen molar-refractivity contribution in [2.45, 2.75) is 85.2 Å². The number of carbonyl (C=O) groups is 3. The molecule has 0 aromatic carbocycles. The Hall–Kier alpha value is -1.54. The van der Waals surface area contributed by atoms with E-state index >= 15 is 0 Å². The number of nitrogens with zero attached hydrogens (tertiary/aromatic N) is 2. The van der Waals surface area contributed by atoms with Gasteiger partial charge in [0.15, 0.2) is 0 Å². The predicted octanol–water partition coefficient (Wildman–Crippen LogP) is 3.34. The molecule has 8 heteroatoms. The summed E-state index contributed by atoms with van der Waals surface area (Å²) in [5, 5.41) is 3.09. The van der Waals surface area contributed by atoms with Crippen molar-refractivity contribution in [3.63, 3.8) is 0 Å². The molecule has 1 aliphatic heterocycles. The largest absolute Gasteiger partial charge is 0.463 e. The third-order valence-electron chi connectivity index (χ3n) is 6.16. The van der Waals surface area contributed by atoms with E-state index in [0.717, 1.165) is 12.3 Å². The SMILES string of the molecule is CCOC(=O)/C(C)=C/[C@H](C(C)C)N(C)C(=O)[C@@H](NC(=O)[C@H]1N(C)CCSC1(C)C)C(C)(C)C. The molecule has 0 aromatic heterocycles. The molecule has 1 N–H and O–H groups in total. The topological polar surface area (TPSA) is 79.0 Å². The third-order valence-corrected chi connectivity index (χ3v) is 7.52. The molecular weight excluding hydrogens is 438 g/mol. The molecule has 3 atom stereocenters. The smallest absolute Gasteiger partial charge is 0.333 e. The molecule has 0 saturated carbocycles. The first-order chi connectivity index (χ1) is 15.0. The third kappa shape index (κ3) is 7.74. The van der Waals surface area contributed by atoms with E-state index in [2.05, 4.69) is 24.1 Å². The Morgan fingerprint density at radius 2 is 1.85 bits per heavy atom. The van der Waals surface area contributed by atoms with Gasteiger partial charge in [0, 0.05) is 29.7 Å². The van der Waals surface area contributed by atoms with Crippen molar-refractivity contribution in [3.05, 3.63) is 11.6 Å². The number of likely N-dealkylation sites (N-methyl/N-ethyl adjacent to an activating group) is 2. The number of carbonyl (C=O) groups excluding carboxylic acids is 3. The lowest BCUT2D eigenvalue weighted by atomic mass is 9.84. The summed E-state index contributed by atoms with van der Waals surface area (Å²) in [7, 11) is 3.70. The van der Waals surface area contributed by atoms with Gasteiger partial charge in [-0.1, -0.05) is 40.7 Å². The maximum absolute atomic E-state index is 13.7. The van der Waals surface area contributed by atoms with E-state index in [-0.39, 0.29) is 40.5 Å². The fourth-order valence-electron chi connectivity index (χ4n) is 4.25. The Morgan fingerprint density at radius 3 is 2.30 bits per heavy atom. The van der Waals surface area contributed by atoms with Gasteiger partial charge in [-0.2, -0.15) is 11.8 Å². The highest BCUT2D eigenvalue weighted by atomic mass is 32.2. The summed E-state index contributed by atoms with van der Waals surface area (Å²) in [6.07, 6.45) is 1.79. The molecule has 190 valence electrons. The highest BCUT2D eigenvalue weighted by molar-refractivity contribution is 8.00. The summed E-state index contributed by atoms with van der Waals surface area (Å²) in [5.74, 6) is 0.353. The molecule has 2 amide bonds. The van der Waals surface area contributed by atoms with Crippen molar-refractivity contribution in [1.82, 2.24) is 15.1 Å². The van der Waals surface area contributed by atoms with E-state index in [1.807, 2.05) is 41.7 Å². The molecule has 0 aromatic rings. The zero-order valence-corrected chi connectivity index (χ0v) is 23.3. The van der Waals surface area contributed by atoms with Crippen LogP contribution in [0.5, 0.6) is 0 Å². The Labute approximate surface area is 205 Å². The highest BCUT2D eigenvalue weighted by Gasteiger charge is 2.44. The van der Waals surface area contributed by atoms with E-state index in [1.54, 1.807) is 43.6 Å². The van der Waals surface area contributed by atoms with Gasteiger partial charge < -0.3 is 15.0 Å². The lowest BCUT2D eigenvalue weighted by Gasteiger charge is -2.44. The van der Waals surface area contributed by atoms with E-state index in [4.69, 9.17) is 4.74 Å². The van der Waals surface area contributed by atoms with Crippen LogP contribution in [-0.2, 0) is 19.1 Å². The number of hydrogen-bond donors (Lipinski definition) is 1. The molecule has 1 saturated heterocycles. The van der Waals surface area contributed by atoms with Crippen molar-refractivity contribution < 1.29 is 19.1 Å². The predicted molar refractivity (Wildman–Crippen MR) is 136 cm³/mol. The number of esters is 1. The van der Waals surface area contributed by atoms with Crippen molar-refractivity contribution in [1.29, 1.82) is 0 Å². The number of hydrogen-bond acceptors (Lipinski definition) is 6. The van der Waals surface area contributed by atoms with Gasteiger partial charge in [-0.3, -0.25) is 14.5 Å². The molecule has 1 heterocycles. The lowest BCUT2D eigenvalue weighted by Crippen LogP contribution is -2.63. The molecule has 0 unspecified atom stereocenters. The second kappa shape index (κ2) is 11.7. The Kier molecular flexibility index (Phi) is 10.5. The molecule has 0 aliphatic carbocycles. The fourth-order valence-corrected chi connectivity index (χ4v) is 5.60. The molecular formula is C25H45N3O4S. The zero-order valence-electron chi connectivity index (χ0n) is 22.4. The number of ether oxygens (including phenoxy) is 1. The first-order valence-corrected chi connectivity index (χ1v) is 12.8. The van der Waals surface area contributed by atoms with Crippen LogP contribution >= 0.6 is 11.8 Å². The van der Waals surface area contributed by atoms with Crippen LogP contribution in [-0.4, -0.2) is 83.5 Å². The summed E-state index contributed by atoms with van der Waals surface area (Å²) in [6, 6.07) is -1.34. The highest BCUT2D eigenvalue weighted by Crippen LogP contribution is 2.35. The molecule has 0 bridgehead atoms. The molecule has 1 rings (SSSR count). The minimum atomic E-state index is -0.705. The zero-order chi connectivity index (χ0) is 25.7. The summed E-state index contributed by atoms with van der Waals surface area (Å²) >= 11 is 1.78. The maximum atomic E-state index is 13.7. The van der Waals surface area contributed by atoms with Gasteiger partial charge in [-0.25, -0.2) is 4.79 Å². The monoisotopic (exact) mass is 483 g/mol. The molecule has 33 heavy (non-hydrogen) atoms. The van der Waals surface area contributed by atoms with Crippen molar-refractivity contribution in [2.24, 2.45) is 11.3 Å². The van der Waals surface area contributed by atoms with Crippen molar-refractivity contribution in [3.8, 4) is 0 Å². The minimum Gasteiger partial charge on any atom is -0.463 e. The van der Waals surface area contributed by atoms with E-state index in [0.29, 0.717) is 12.2 Å². The van der Waals surface area contributed by atoms with Crippen LogP contribution in [0.25, 0.3) is 0 Å². The average Bonchev–Trinajstić information content (AvgIpc) is 2.67. The second-order valence-electron chi connectivity index (χ2n) is 10.9. The van der Waals surface area contributed by atoms with Gasteiger partial charge in [-0.05, 0) is 46.1 Å². The normalized spacial score (nSPS) is 21.3.